The van der Waals surface area contributed by atoms with E-state index in [-0.39, 0.29) is 0 Å². The molecule has 0 aromatic carbocycles. The third kappa shape index (κ3) is 10.0. The second-order valence-corrected chi connectivity index (χ2v) is 5.80. The summed E-state index contributed by atoms with van der Waals surface area (Å²) in [6.07, 6.45) is 3.22. The van der Waals surface area contributed by atoms with Crippen molar-refractivity contribution in [2.24, 2.45) is 11.7 Å². The molecule has 80 valence electrons. The molecular weight excluding hydrogens is 182 g/mol. The zero-order valence-electron chi connectivity index (χ0n) is 9.08. The number of nitrogens with two attached hydrogens (primary N) is 1. The van der Waals surface area contributed by atoms with Crippen LogP contribution in [0.15, 0.2) is 0 Å². The molecule has 0 aliphatic rings. The SMILES string of the molecule is CC(C)CS(=O)CCCCC(C)N. The summed E-state index contributed by atoms with van der Waals surface area (Å²) in [5.74, 6) is 2.25. The molecule has 0 rings (SSSR count). The molecule has 0 aromatic heterocycles. The first-order valence-electron chi connectivity index (χ1n) is 5.13. The quantitative estimate of drug-likeness (QED) is 0.645. The highest BCUT2D eigenvalue weighted by Crippen LogP contribution is 2.02. The number of hydrogen-bond donors (Lipinski definition) is 1. The molecule has 2 atom stereocenters. The Hall–Kier alpha value is 0.110. The molecule has 0 spiro atoms. The van der Waals surface area contributed by atoms with Crippen molar-refractivity contribution in [3.05, 3.63) is 0 Å². The van der Waals surface area contributed by atoms with Crippen molar-refractivity contribution in [1.82, 2.24) is 0 Å². The molecular formula is C10H23NOS. The van der Waals surface area contributed by atoms with Gasteiger partial charge in [-0.3, -0.25) is 4.21 Å². The summed E-state index contributed by atoms with van der Waals surface area (Å²) < 4.78 is 11.4. The van der Waals surface area contributed by atoms with Crippen LogP contribution in [0.5, 0.6) is 0 Å². The van der Waals surface area contributed by atoms with Gasteiger partial charge < -0.3 is 5.73 Å². The Balaban J connectivity index is 3.27. The fraction of sp³-hybridized carbons (Fsp3) is 1.00. The van der Waals surface area contributed by atoms with Gasteiger partial charge in [-0.05, 0) is 25.7 Å². The summed E-state index contributed by atoms with van der Waals surface area (Å²) >= 11 is 0. The molecule has 0 heterocycles. The molecule has 2 unspecified atom stereocenters. The summed E-state index contributed by atoms with van der Waals surface area (Å²) in [5.41, 5.74) is 5.61. The second kappa shape index (κ2) is 7.51. The van der Waals surface area contributed by atoms with Crippen molar-refractivity contribution < 1.29 is 4.21 Å². The van der Waals surface area contributed by atoms with Crippen molar-refractivity contribution in [3.63, 3.8) is 0 Å². The average molecular weight is 205 g/mol. The Bertz CT molecular complexity index is 146. The van der Waals surface area contributed by atoms with E-state index >= 15 is 0 Å². The first kappa shape index (κ1) is 13.1. The van der Waals surface area contributed by atoms with Gasteiger partial charge in [0.25, 0.3) is 0 Å². The summed E-state index contributed by atoms with van der Waals surface area (Å²) in [6.45, 7) is 6.24. The van der Waals surface area contributed by atoms with Gasteiger partial charge in [-0.1, -0.05) is 20.3 Å². The van der Waals surface area contributed by atoms with Crippen LogP contribution in [0.3, 0.4) is 0 Å². The van der Waals surface area contributed by atoms with Crippen LogP contribution < -0.4 is 5.73 Å². The van der Waals surface area contributed by atoms with Gasteiger partial charge in [0.15, 0.2) is 0 Å². The Morgan fingerprint density at radius 1 is 1.23 bits per heavy atom. The molecule has 0 saturated carbocycles. The molecule has 0 aliphatic carbocycles. The lowest BCUT2D eigenvalue weighted by Crippen LogP contribution is -2.15. The molecule has 2 N–H and O–H groups in total. The van der Waals surface area contributed by atoms with Crippen molar-refractivity contribution in [2.45, 2.75) is 46.1 Å². The first-order chi connectivity index (χ1) is 6.02. The van der Waals surface area contributed by atoms with E-state index in [1.54, 1.807) is 0 Å². The Kier molecular flexibility index (Phi) is 7.57. The van der Waals surface area contributed by atoms with E-state index in [4.69, 9.17) is 5.73 Å². The van der Waals surface area contributed by atoms with Gasteiger partial charge in [-0.2, -0.15) is 0 Å². The zero-order chi connectivity index (χ0) is 10.3. The Morgan fingerprint density at radius 2 is 1.85 bits per heavy atom. The second-order valence-electron chi connectivity index (χ2n) is 4.18. The van der Waals surface area contributed by atoms with E-state index in [1.165, 1.54) is 0 Å². The minimum absolute atomic E-state index is 0.290. The lowest BCUT2D eigenvalue weighted by molar-refractivity contribution is 0.611. The predicted molar refractivity (Wildman–Crippen MR) is 60.2 cm³/mol. The summed E-state index contributed by atoms with van der Waals surface area (Å²) in [4.78, 5) is 0. The maximum Gasteiger partial charge on any atom is 0.0257 e. The van der Waals surface area contributed by atoms with Gasteiger partial charge in [0.05, 0.1) is 0 Å². The van der Waals surface area contributed by atoms with E-state index in [1.807, 2.05) is 6.92 Å². The van der Waals surface area contributed by atoms with Crippen LogP contribution in [0.2, 0.25) is 0 Å². The maximum absolute atomic E-state index is 11.4. The largest absolute Gasteiger partial charge is 0.328 e. The van der Waals surface area contributed by atoms with Crippen molar-refractivity contribution in [2.75, 3.05) is 11.5 Å². The third-order valence-electron chi connectivity index (χ3n) is 1.80. The minimum atomic E-state index is -0.606. The Labute approximate surface area is 84.7 Å². The van der Waals surface area contributed by atoms with Crippen LogP contribution in [0, 0.1) is 5.92 Å². The zero-order valence-corrected chi connectivity index (χ0v) is 9.90. The molecule has 3 heteroatoms. The molecule has 0 aromatic rings. The number of unbranched alkanes of at least 4 members (excludes halogenated alkanes) is 1. The van der Waals surface area contributed by atoms with Crippen LogP contribution in [-0.2, 0) is 10.8 Å². The summed E-state index contributed by atoms with van der Waals surface area (Å²) in [6, 6.07) is 0.290. The van der Waals surface area contributed by atoms with E-state index in [9.17, 15) is 4.21 Å². The van der Waals surface area contributed by atoms with Crippen LogP contribution >= 0.6 is 0 Å². The molecule has 0 saturated heterocycles. The van der Waals surface area contributed by atoms with Gasteiger partial charge >= 0.3 is 0 Å². The first-order valence-corrected chi connectivity index (χ1v) is 6.61. The summed E-state index contributed by atoms with van der Waals surface area (Å²) in [5, 5.41) is 0. The van der Waals surface area contributed by atoms with Crippen LogP contribution in [0.1, 0.15) is 40.0 Å². The van der Waals surface area contributed by atoms with Crippen molar-refractivity contribution in [1.29, 1.82) is 0 Å². The number of hydrogen-bond acceptors (Lipinski definition) is 2. The monoisotopic (exact) mass is 205 g/mol. The highest BCUT2D eigenvalue weighted by Gasteiger charge is 2.03. The molecule has 0 radical (unpaired) electrons. The van der Waals surface area contributed by atoms with Crippen LogP contribution in [0.4, 0.5) is 0 Å². The molecule has 0 bridgehead atoms. The molecule has 0 amide bonds. The molecule has 0 aliphatic heterocycles. The van der Waals surface area contributed by atoms with Gasteiger partial charge in [0.1, 0.15) is 0 Å². The van der Waals surface area contributed by atoms with Crippen molar-refractivity contribution >= 4 is 10.8 Å². The fourth-order valence-electron chi connectivity index (χ4n) is 1.18. The van der Waals surface area contributed by atoms with E-state index in [0.717, 1.165) is 30.8 Å². The van der Waals surface area contributed by atoms with Gasteiger partial charge in [-0.25, -0.2) is 0 Å². The highest BCUT2D eigenvalue weighted by atomic mass is 32.2. The van der Waals surface area contributed by atoms with Crippen LogP contribution in [-0.4, -0.2) is 21.8 Å². The number of rotatable bonds is 7. The minimum Gasteiger partial charge on any atom is -0.328 e. The lowest BCUT2D eigenvalue weighted by Gasteiger charge is -2.06. The predicted octanol–water partition coefficient (Wildman–Crippen LogP) is 1.91. The van der Waals surface area contributed by atoms with Gasteiger partial charge in [-0.15, -0.1) is 0 Å². The smallest absolute Gasteiger partial charge is 0.0257 e. The average Bonchev–Trinajstić information content (AvgIpc) is 1.96. The van der Waals surface area contributed by atoms with E-state index in [0.29, 0.717) is 12.0 Å². The van der Waals surface area contributed by atoms with Gasteiger partial charge in [0, 0.05) is 28.3 Å². The highest BCUT2D eigenvalue weighted by molar-refractivity contribution is 7.84. The van der Waals surface area contributed by atoms with Crippen molar-refractivity contribution in [3.8, 4) is 0 Å². The lowest BCUT2D eigenvalue weighted by atomic mass is 10.2. The van der Waals surface area contributed by atoms with Gasteiger partial charge in [0.2, 0.25) is 0 Å². The Morgan fingerprint density at radius 3 is 2.31 bits per heavy atom. The van der Waals surface area contributed by atoms with E-state index < -0.39 is 10.8 Å². The molecule has 0 fully saturated rings. The maximum atomic E-state index is 11.4. The fourth-order valence-corrected chi connectivity index (χ4v) is 2.62. The molecule has 2 nitrogen and oxygen atoms in total. The summed E-state index contributed by atoms with van der Waals surface area (Å²) in [7, 11) is -0.606. The standard InChI is InChI=1S/C10H23NOS/c1-9(2)8-13(12)7-5-4-6-10(3)11/h9-10H,4-8,11H2,1-3H3. The molecule has 13 heavy (non-hydrogen) atoms. The normalized spacial score (nSPS) is 16.1. The third-order valence-corrected chi connectivity index (χ3v) is 3.58. The van der Waals surface area contributed by atoms with Crippen LogP contribution in [0.25, 0.3) is 0 Å². The topological polar surface area (TPSA) is 43.1 Å². The van der Waals surface area contributed by atoms with E-state index in [2.05, 4.69) is 13.8 Å².